The lowest BCUT2D eigenvalue weighted by Gasteiger charge is -2.29. The topological polar surface area (TPSA) is 41.6 Å². The summed E-state index contributed by atoms with van der Waals surface area (Å²) in [7, 11) is 0. The van der Waals surface area contributed by atoms with Crippen molar-refractivity contribution in [2.45, 2.75) is 12.8 Å². The van der Waals surface area contributed by atoms with E-state index in [1.165, 1.54) is 5.56 Å². The van der Waals surface area contributed by atoms with Crippen LogP contribution in [0.5, 0.6) is 5.75 Å². The number of para-hydroxylation sites is 1. The molecular weight excluding hydrogens is 240 g/mol. The van der Waals surface area contributed by atoms with Crippen LogP contribution in [0.3, 0.4) is 0 Å². The first kappa shape index (κ1) is 12.5. The van der Waals surface area contributed by atoms with Gasteiger partial charge in [-0.1, -0.05) is 18.2 Å². The first-order valence-corrected chi connectivity index (χ1v) is 7.01. The van der Waals surface area contributed by atoms with Gasteiger partial charge in [0.25, 0.3) is 0 Å². The number of carbonyl (C=O) groups excluding carboxylic acids is 1. The average molecular weight is 260 g/mol. The third-order valence-corrected chi connectivity index (χ3v) is 3.90. The monoisotopic (exact) mass is 260 g/mol. The average Bonchev–Trinajstić information content (AvgIpc) is 2.60. The third-order valence-electron chi connectivity index (χ3n) is 3.90. The summed E-state index contributed by atoms with van der Waals surface area (Å²) < 4.78 is 5.79. The van der Waals surface area contributed by atoms with Crippen molar-refractivity contribution in [3.05, 3.63) is 29.8 Å². The fourth-order valence-corrected chi connectivity index (χ4v) is 2.93. The van der Waals surface area contributed by atoms with Gasteiger partial charge in [-0.2, -0.15) is 0 Å². The lowest BCUT2D eigenvalue weighted by atomic mass is 9.96. The van der Waals surface area contributed by atoms with E-state index in [1.54, 1.807) is 0 Å². The largest absolute Gasteiger partial charge is 0.493 e. The Morgan fingerprint density at radius 1 is 1.37 bits per heavy atom. The fourth-order valence-electron chi connectivity index (χ4n) is 2.93. The fraction of sp³-hybridized carbons (Fsp3) is 0.533. The molecule has 2 aliphatic heterocycles. The number of carbonyl (C=O) groups is 1. The van der Waals surface area contributed by atoms with E-state index in [-0.39, 0.29) is 5.91 Å². The predicted molar refractivity (Wildman–Crippen MR) is 73.2 cm³/mol. The number of rotatable bonds is 2. The molecule has 0 aromatic heterocycles. The molecule has 1 saturated heterocycles. The van der Waals surface area contributed by atoms with Crippen LogP contribution in [0, 0.1) is 5.92 Å². The Labute approximate surface area is 113 Å². The maximum absolute atomic E-state index is 11.4. The number of nitrogens with zero attached hydrogens (tertiary/aromatic N) is 1. The molecule has 2 heterocycles. The molecule has 0 radical (unpaired) electrons. The molecule has 102 valence electrons. The molecule has 3 rings (SSSR count). The van der Waals surface area contributed by atoms with Crippen molar-refractivity contribution in [2.75, 3.05) is 32.8 Å². The van der Waals surface area contributed by atoms with E-state index >= 15 is 0 Å². The second-order valence-corrected chi connectivity index (χ2v) is 5.40. The molecule has 1 aromatic rings. The highest BCUT2D eigenvalue weighted by Gasteiger charge is 2.22. The van der Waals surface area contributed by atoms with E-state index in [0.29, 0.717) is 12.5 Å². The van der Waals surface area contributed by atoms with Crippen molar-refractivity contribution in [1.82, 2.24) is 10.2 Å². The summed E-state index contributed by atoms with van der Waals surface area (Å²) >= 11 is 0. The molecular formula is C15H20N2O2. The van der Waals surface area contributed by atoms with Crippen LogP contribution in [0.1, 0.15) is 12.0 Å². The molecule has 0 spiro atoms. The van der Waals surface area contributed by atoms with Gasteiger partial charge in [0.05, 0.1) is 13.2 Å². The van der Waals surface area contributed by atoms with Gasteiger partial charge in [-0.25, -0.2) is 0 Å². The Kier molecular flexibility index (Phi) is 3.69. The maximum Gasteiger partial charge on any atom is 0.234 e. The quantitative estimate of drug-likeness (QED) is 0.864. The number of ether oxygens (including phenoxy) is 1. The lowest BCUT2D eigenvalue weighted by molar-refractivity contribution is -0.124. The molecule has 2 aliphatic rings. The van der Waals surface area contributed by atoms with Crippen LogP contribution in [0.2, 0.25) is 0 Å². The SMILES string of the molecule is O=C1CN(C[C@@H]2CCOc3ccccc3C2)CCN1. The first-order chi connectivity index (χ1) is 9.31. The summed E-state index contributed by atoms with van der Waals surface area (Å²) in [5.41, 5.74) is 1.30. The Morgan fingerprint density at radius 2 is 2.26 bits per heavy atom. The molecule has 0 aliphatic carbocycles. The van der Waals surface area contributed by atoms with Crippen LogP contribution >= 0.6 is 0 Å². The highest BCUT2D eigenvalue weighted by atomic mass is 16.5. The van der Waals surface area contributed by atoms with Crippen LogP contribution in [0.15, 0.2) is 24.3 Å². The van der Waals surface area contributed by atoms with Crippen molar-refractivity contribution in [3.8, 4) is 5.75 Å². The summed E-state index contributed by atoms with van der Waals surface area (Å²) in [6.07, 6.45) is 2.11. The van der Waals surface area contributed by atoms with E-state index in [4.69, 9.17) is 4.74 Å². The van der Waals surface area contributed by atoms with Gasteiger partial charge in [0.2, 0.25) is 5.91 Å². The number of piperazine rings is 1. The van der Waals surface area contributed by atoms with Crippen LogP contribution in [-0.4, -0.2) is 43.6 Å². The standard InChI is InChI=1S/C15H20N2O2/c18-15-11-17(7-6-16-15)10-12-5-8-19-14-4-2-1-3-13(14)9-12/h1-4,12H,5-11H2,(H,16,18)/t12-/m1/s1. The van der Waals surface area contributed by atoms with Crippen LogP contribution in [0.25, 0.3) is 0 Å². The van der Waals surface area contributed by atoms with Gasteiger partial charge < -0.3 is 10.1 Å². The first-order valence-electron chi connectivity index (χ1n) is 7.01. The van der Waals surface area contributed by atoms with E-state index in [2.05, 4.69) is 22.3 Å². The Bertz CT molecular complexity index is 461. The van der Waals surface area contributed by atoms with E-state index in [1.807, 2.05) is 12.1 Å². The van der Waals surface area contributed by atoms with Gasteiger partial charge in [-0.3, -0.25) is 9.69 Å². The Hall–Kier alpha value is -1.55. The molecule has 1 amide bonds. The third kappa shape index (κ3) is 3.07. The summed E-state index contributed by atoms with van der Waals surface area (Å²) in [4.78, 5) is 13.7. The molecule has 1 fully saturated rings. The second kappa shape index (κ2) is 5.61. The molecule has 0 unspecified atom stereocenters. The van der Waals surface area contributed by atoms with Crippen LogP contribution < -0.4 is 10.1 Å². The van der Waals surface area contributed by atoms with Gasteiger partial charge >= 0.3 is 0 Å². The number of fused-ring (bicyclic) bond motifs is 1. The summed E-state index contributed by atoms with van der Waals surface area (Å²) in [5, 5.41) is 2.87. The molecule has 1 atom stereocenters. The zero-order valence-electron chi connectivity index (χ0n) is 11.1. The minimum absolute atomic E-state index is 0.150. The predicted octanol–water partition coefficient (Wildman–Crippen LogP) is 1.06. The zero-order valence-corrected chi connectivity index (χ0v) is 11.1. The number of benzene rings is 1. The minimum Gasteiger partial charge on any atom is -0.493 e. The number of amides is 1. The van der Waals surface area contributed by atoms with Crippen molar-refractivity contribution in [2.24, 2.45) is 5.92 Å². The molecule has 1 aromatic carbocycles. The number of hydrogen-bond acceptors (Lipinski definition) is 3. The van der Waals surface area contributed by atoms with Gasteiger partial charge in [0.15, 0.2) is 0 Å². The molecule has 1 N–H and O–H groups in total. The molecule has 19 heavy (non-hydrogen) atoms. The lowest BCUT2D eigenvalue weighted by Crippen LogP contribution is -2.49. The number of hydrogen-bond donors (Lipinski definition) is 1. The van der Waals surface area contributed by atoms with Crippen LogP contribution in [0.4, 0.5) is 0 Å². The van der Waals surface area contributed by atoms with Gasteiger partial charge in [-0.15, -0.1) is 0 Å². The maximum atomic E-state index is 11.4. The summed E-state index contributed by atoms with van der Waals surface area (Å²) in [6.45, 7) is 4.05. The number of nitrogens with one attached hydrogen (secondary N) is 1. The summed E-state index contributed by atoms with van der Waals surface area (Å²) in [6, 6.07) is 8.29. The second-order valence-electron chi connectivity index (χ2n) is 5.40. The van der Waals surface area contributed by atoms with Gasteiger partial charge in [-0.05, 0) is 30.4 Å². The highest BCUT2D eigenvalue weighted by molar-refractivity contribution is 5.78. The van der Waals surface area contributed by atoms with Crippen molar-refractivity contribution < 1.29 is 9.53 Å². The molecule has 0 bridgehead atoms. The normalized spacial score (nSPS) is 24.0. The van der Waals surface area contributed by atoms with Crippen molar-refractivity contribution >= 4 is 5.91 Å². The van der Waals surface area contributed by atoms with Gasteiger partial charge in [0, 0.05) is 19.6 Å². The molecule has 0 saturated carbocycles. The Morgan fingerprint density at radius 3 is 3.16 bits per heavy atom. The van der Waals surface area contributed by atoms with E-state index in [9.17, 15) is 4.79 Å². The van der Waals surface area contributed by atoms with E-state index in [0.717, 1.165) is 44.8 Å². The molecule has 4 nitrogen and oxygen atoms in total. The highest BCUT2D eigenvalue weighted by Crippen LogP contribution is 2.27. The smallest absolute Gasteiger partial charge is 0.234 e. The van der Waals surface area contributed by atoms with Gasteiger partial charge in [0.1, 0.15) is 5.75 Å². The summed E-state index contributed by atoms with van der Waals surface area (Å²) in [5.74, 6) is 1.76. The Balaban J connectivity index is 1.64. The molecule has 4 heteroatoms. The van der Waals surface area contributed by atoms with Crippen LogP contribution in [-0.2, 0) is 11.2 Å². The minimum atomic E-state index is 0.150. The zero-order chi connectivity index (χ0) is 13.1. The van der Waals surface area contributed by atoms with Crippen molar-refractivity contribution in [1.29, 1.82) is 0 Å². The van der Waals surface area contributed by atoms with Crippen molar-refractivity contribution in [3.63, 3.8) is 0 Å². The van der Waals surface area contributed by atoms with E-state index < -0.39 is 0 Å².